The molecule has 1 saturated carbocycles. The maximum Gasteiger partial charge on any atom is 0.573 e. The number of benzene rings is 2. The molecule has 0 radical (unpaired) electrons. The van der Waals surface area contributed by atoms with Gasteiger partial charge in [0, 0.05) is 72.4 Å². The van der Waals surface area contributed by atoms with Crippen LogP contribution in [0.15, 0.2) is 48.5 Å². The molecule has 2 unspecified atom stereocenters. The fourth-order valence-electron chi connectivity index (χ4n) is 4.87. The number of halogens is 5. The molecule has 1 aromatic heterocycles. The van der Waals surface area contributed by atoms with Gasteiger partial charge in [0.2, 0.25) is 5.91 Å². The van der Waals surface area contributed by atoms with E-state index in [1.165, 1.54) is 31.2 Å². The fraction of sp³-hybridized carbons (Fsp3) is 0.367. The zero-order chi connectivity index (χ0) is 31.5. The Kier molecular flexibility index (Phi) is 9.41. The van der Waals surface area contributed by atoms with Crippen LogP contribution in [0.3, 0.4) is 0 Å². The summed E-state index contributed by atoms with van der Waals surface area (Å²) in [6, 6.07) is 10.1. The van der Waals surface area contributed by atoms with Crippen molar-refractivity contribution in [2.75, 3.05) is 26.2 Å². The molecule has 2 aliphatic rings. The third-order valence-corrected chi connectivity index (χ3v) is 7.17. The number of hydrogen-bond acceptors (Lipinski definition) is 6. The van der Waals surface area contributed by atoms with Crippen LogP contribution >= 0.6 is 0 Å². The molecule has 2 amide bonds. The number of methoxy groups -OCH3 is 2. The topological polar surface area (TPSA) is 90.0 Å². The van der Waals surface area contributed by atoms with Crippen molar-refractivity contribution in [1.29, 1.82) is 0 Å². The molecule has 2 atom stereocenters. The van der Waals surface area contributed by atoms with Gasteiger partial charge >= 0.3 is 6.36 Å². The summed E-state index contributed by atoms with van der Waals surface area (Å²) in [6.07, 6.45) is -2.57. The maximum absolute atomic E-state index is 14.6. The van der Waals surface area contributed by atoms with Crippen LogP contribution in [-0.4, -0.2) is 50.5 Å². The Morgan fingerprint density at radius 1 is 0.953 bits per heavy atom. The van der Waals surface area contributed by atoms with Gasteiger partial charge in [-0.3, -0.25) is 14.5 Å². The summed E-state index contributed by atoms with van der Waals surface area (Å²) in [7, 11) is 4.35. The number of hydrogen-bond donors (Lipinski definition) is 1. The van der Waals surface area contributed by atoms with Gasteiger partial charge in [-0.1, -0.05) is 0 Å². The smallest absolute Gasteiger partial charge is 0.497 e. The number of anilines is 1. The second kappa shape index (κ2) is 12.8. The Labute approximate surface area is 244 Å². The molecule has 43 heavy (non-hydrogen) atoms. The van der Waals surface area contributed by atoms with Gasteiger partial charge < -0.3 is 19.5 Å². The van der Waals surface area contributed by atoms with Crippen LogP contribution in [0.25, 0.3) is 0 Å². The van der Waals surface area contributed by atoms with Gasteiger partial charge in [0.15, 0.2) is 0 Å². The third kappa shape index (κ3) is 7.51. The number of nitrogens with one attached hydrogen (secondary N) is 1. The Hall–Kier alpha value is -4.42. The average Bonchev–Trinajstić information content (AvgIpc) is 3.77. The van der Waals surface area contributed by atoms with E-state index in [2.05, 4.69) is 15.0 Å². The molecule has 13 heteroatoms. The molecule has 2 aromatic carbocycles. The number of nitrogens with zero attached hydrogens (tertiary/aromatic N) is 2. The molecule has 1 aliphatic heterocycles. The van der Waals surface area contributed by atoms with Crippen molar-refractivity contribution >= 4 is 17.6 Å². The fourth-order valence-corrected chi connectivity index (χ4v) is 4.87. The van der Waals surface area contributed by atoms with Crippen LogP contribution in [0.1, 0.15) is 59.6 Å². The van der Waals surface area contributed by atoms with E-state index in [-0.39, 0.29) is 40.9 Å². The van der Waals surface area contributed by atoms with Crippen molar-refractivity contribution in [1.82, 2.24) is 10.3 Å². The first-order valence-electron chi connectivity index (χ1n) is 13.3. The number of amides is 2. The molecule has 0 spiro atoms. The zero-order valence-electron chi connectivity index (χ0n) is 23.8. The van der Waals surface area contributed by atoms with E-state index in [9.17, 15) is 31.5 Å². The molecule has 1 aliphatic carbocycles. The standard InChI is InChI=1S/C21H22F2N2O3.C9H8F3NO2/c1-11-15(21-16(22)6-13(27-2)7-17(21)23)10-20(26)25(11)19-9-14(28-3)8-18(24-19)12-4-5-12;1-13-8(14)6-2-4-7(5-3-6)15-9(10,11)12/h6-9,11-12,15H,4-5,10H2,1-3H3;2-5H,1H3,(H,13,14). The number of carbonyl (C=O) groups is 2. The summed E-state index contributed by atoms with van der Waals surface area (Å²) in [6.45, 7) is 1.79. The van der Waals surface area contributed by atoms with Gasteiger partial charge in [-0.2, -0.15) is 0 Å². The number of pyridine rings is 1. The predicted molar refractivity (Wildman–Crippen MR) is 146 cm³/mol. The lowest BCUT2D eigenvalue weighted by molar-refractivity contribution is -0.274. The van der Waals surface area contributed by atoms with Gasteiger partial charge in [0.05, 0.1) is 14.2 Å². The lowest BCUT2D eigenvalue weighted by Crippen LogP contribution is -2.33. The Morgan fingerprint density at radius 3 is 2.05 bits per heavy atom. The van der Waals surface area contributed by atoms with Crippen molar-refractivity contribution in [2.45, 2.75) is 50.4 Å². The number of alkyl halides is 3. The lowest BCUT2D eigenvalue weighted by atomic mass is 9.91. The van der Waals surface area contributed by atoms with Crippen molar-refractivity contribution in [2.24, 2.45) is 0 Å². The van der Waals surface area contributed by atoms with E-state index >= 15 is 0 Å². The molecular weight excluding hydrogens is 577 g/mol. The Balaban J connectivity index is 0.000000239. The van der Waals surface area contributed by atoms with Gasteiger partial charge in [-0.25, -0.2) is 13.8 Å². The van der Waals surface area contributed by atoms with Crippen LogP contribution in [0.2, 0.25) is 0 Å². The van der Waals surface area contributed by atoms with Crippen molar-refractivity contribution in [3.8, 4) is 17.2 Å². The van der Waals surface area contributed by atoms with E-state index in [4.69, 9.17) is 9.47 Å². The van der Waals surface area contributed by atoms with Crippen LogP contribution in [0.5, 0.6) is 17.2 Å². The van der Waals surface area contributed by atoms with Crippen LogP contribution in [0.4, 0.5) is 27.8 Å². The molecular formula is C30H30F5N3O5. The highest BCUT2D eigenvalue weighted by Crippen LogP contribution is 2.44. The first-order chi connectivity index (χ1) is 20.3. The van der Waals surface area contributed by atoms with E-state index in [0.29, 0.717) is 17.5 Å². The highest BCUT2D eigenvalue weighted by atomic mass is 19.4. The summed E-state index contributed by atoms with van der Waals surface area (Å²) in [4.78, 5) is 30.0. The van der Waals surface area contributed by atoms with E-state index in [1.54, 1.807) is 20.1 Å². The predicted octanol–water partition coefficient (Wildman–Crippen LogP) is 6.11. The molecule has 230 valence electrons. The molecule has 2 heterocycles. The summed E-state index contributed by atoms with van der Waals surface area (Å²) >= 11 is 0. The summed E-state index contributed by atoms with van der Waals surface area (Å²) in [5.41, 5.74) is 1.07. The third-order valence-electron chi connectivity index (χ3n) is 7.17. The van der Waals surface area contributed by atoms with Gasteiger partial charge in [0.25, 0.3) is 5.91 Å². The number of rotatable bonds is 7. The maximum atomic E-state index is 14.6. The zero-order valence-corrected chi connectivity index (χ0v) is 23.8. The van der Waals surface area contributed by atoms with Gasteiger partial charge in [-0.15, -0.1) is 13.2 Å². The summed E-state index contributed by atoms with van der Waals surface area (Å²) in [5.74, 6) is -1.38. The normalized spacial score (nSPS) is 18.1. The van der Waals surface area contributed by atoms with Crippen molar-refractivity contribution in [3.63, 3.8) is 0 Å². The molecule has 1 N–H and O–H groups in total. The van der Waals surface area contributed by atoms with E-state index in [0.717, 1.165) is 42.8 Å². The first kappa shape index (κ1) is 31.5. The highest BCUT2D eigenvalue weighted by Gasteiger charge is 2.42. The molecule has 5 rings (SSSR count). The van der Waals surface area contributed by atoms with E-state index in [1.807, 2.05) is 6.07 Å². The number of aromatic nitrogens is 1. The molecule has 1 saturated heterocycles. The SMILES string of the molecule is CNC(=O)c1ccc(OC(F)(F)F)cc1.COc1cc(C2CC2)nc(N2C(=O)CC(c3c(F)cc(OC)cc3F)C2C)c1. The van der Waals surface area contributed by atoms with Gasteiger partial charge in [-0.05, 0) is 44.0 Å². The van der Waals surface area contributed by atoms with Gasteiger partial charge in [0.1, 0.15) is 34.7 Å². The van der Waals surface area contributed by atoms with E-state index < -0.39 is 30.0 Å². The summed E-state index contributed by atoms with van der Waals surface area (Å²) in [5, 5.41) is 2.35. The quantitative estimate of drug-likeness (QED) is 0.326. The second-order valence-electron chi connectivity index (χ2n) is 10.0. The summed E-state index contributed by atoms with van der Waals surface area (Å²) < 4.78 is 78.4. The molecule has 3 aromatic rings. The van der Waals surface area contributed by atoms with Crippen LogP contribution < -0.4 is 24.4 Å². The minimum atomic E-state index is -4.71. The Bertz CT molecular complexity index is 1450. The number of carbonyl (C=O) groups excluding carboxylic acids is 2. The monoisotopic (exact) mass is 607 g/mol. The first-order valence-corrected chi connectivity index (χ1v) is 13.3. The van der Waals surface area contributed by atoms with Crippen LogP contribution in [-0.2, 0) is 4.79 Å². The number of ether oxygens (including phenoxy) is 3. The highest BCUT2D eigenvalue weighted by molar-refractivity contribution is 5.96. The van der Waals surface area contributed by atoms with Crippen LogP contribution in [0, 0.1) is 11.6 Å². The van der Waals surface area contributed by atoms with Crippen molar-refractivity contribution in [3.05, 3.63) is 77.0 Å². The lowest BCUT2D eigenvalue weighted by Gasteiger charge is -2.25. The minimum Gasteiger partial charge on any atom is -0.497 e. The Morgan fingerprint density at radius 2 is 1.53 bits per heavy atom. The minimum absolute atomic E-state index is 0.0129. The average molecular weight is 608 g/mol. The van der Waals surface area contributed by atoms with Crippen molar-refractivity contribution < 1.29 is 45.8 Å². The second-order valence-corrected chi connectivity index (χ2v) is 10.0. The molecule has 2 fully saturated rings. The molecule has 8 nitrogen and oxygen atoms in total. The largest absolute Gasteiger partial charge is 0.573 e. The molecule has 0 bridgehead atoms.